The summed E-state index contributed by atoms with van der Waals surface area (Å²) in [4.78, 5) is 18.4. The molecule has 0 bridgehead atoms. The quantitative estimate of drug-likeness (QED) is 0.658. The maximum absolute atomic E-state index is 12.4. The van der Waals surface area contributed by atoms with Crippen LogP contribution < -0.4 is 9.47 Å². The van der Waals surface area contributed by atoms with Gasteiger partial charge in [0, 0.05) is 25.2 Å². The molecule has 1 atom stereocenters. The Labute approximate surface area is 164 Å². The van der Waals surface area contributed by atoms with Crippen LogP contribution in [0.1, 0.15) is 6.42 Å². The van der Waals surface area contributed by atoms with E-state index in [4.69, 9.17) is 9.47 Å². The Hall–Kier alpha value is -3.34. The number of ether oxygens (including phenoxy) is 2. The number of aromatic nitrogens is 1. The summed E-state index contributed by atoms with van der Waals surface area (Å²) in [6.07, 6.45) is 2.47. The Balaban J connectivity index is 1.26. The van der Waals surface area contributed by atoms with Gasteiger partial charge in [0.1, 0.15) is 11.9 Å². The van der Waals surface area contributed by atoms with Crippen LogP contribution in [0, 0.1) is 0 Å². The van der Waals surface area contributed by atoms with Gasteiger partial charge < -0.3 is 14.4 Å². The van der Waals surface area contributed by atoms with E-state index >= 15 is 0 Å². The van der Waals surface area contributed by atoms with Gasteiger partial charge in [-0.2, -0.15) is 0 Å². The molecule has 4 rings (SSSR count). The number of likely N-dealkylation sites (tertiary alicyclic amines) is 1. The molecule has 1 amide bonds. The van der Waals surface area contributed by atoms with Crippen LogP contribution in [-0.4, -0.2) is 41.6 Å². The minimum absolute atomic E-state index is 0.0241. The van der Waals surface area contributed by atoms with E-state index in [0.29, 0.717) is 24.7 Å². The first kappa shape index (κ1) is 18.0. The molecule has 0 N–H and O–H groups in total. The summed E-state index contributed by atoms with van der Waals surface area (Å²) in [7, 11) is 0. The van der Waals surface area contributed by atoms with Crippen LogP contribution in [0.3, 0.4) is 0 Å². The molecule has 3 aromatic rings. The fourth-order valence-corrected chi connectivity index (χ4v) is 3.25. The molecule has 1 fully saturated rings. The van der Waals surface area contributed by atoms with Gasteiger partial charge in [-0.1, -0.05) is 48.5 Å². The number of amides is 1. The molecule has 0 radical (unpaired) electrons. The minimum atomic E-state index is -0.0285. The van der Waals surface area contributed by atoms with Crippen molar-refractivity contribution in [2.75, 3.05) is 19.7 Å². The lowest BCUT2D eigenvalue weighted by Gasteiger charge is -2.17. The van der Waals surface area contributed by atoms with E-state index in [-0.39, 0.29) is 18.6 Å². The van der Waals surface area contributed by atoms with Gasteiger partial charge >= 0.3 is 0 Å². The molecule has 0 saturated carbocycles. The van der Waals surface area contributed by atoms with E-state index in [1.807, 2.05) is 60.7 Å². The Morgan fingerprint density at radius 3 is 2.46 bits per heavy atom. The maximum atomic E-state index is 12.4. The number of nitrogens with zero attached hydrogens (tertiary/aromatic N) is 2. The Morgan fingerprint density at radius 2 is 1.71 bits per heavy atom. The number of hydrogen-bond donors (Lipinski definition) is 0. The van der Waals surface area contributed by atoms with Crippen LogP contribution in [0.5, 0.6) is 11.6 Å². The van der Waals surface area contributed by atoms with Crippen molar-refractivity contribution in [2.45, 2.75) is 12.5 Å². The molecule has 2 heterocycles. The third kappa shape index (κ3) is 4.49. The SMILES string of the molecule is O=C(COc1ccc(-c2ccccc2)cc1)N1CC[C@H](Oc2ccccn2)C1. The fourth-order valence-electron chi connectivity index (χ4n) is 3.25. The van der Waals surface area contributed by atoms with Gasteiger partial charge in [0.15, 0.2) is 6.61 Å². The molecule has 1 aliphatic heterocycles. The zero-order chi connectivity index (χ0) is 19.2. The third-order valence-electron chi connectivity index (χ3n) is 4.75. The third-order valence-corrected chi connectivity index (χ3v) is 4.75. The smallest absolute Gasteiger partial charge is 0.260 e. The van der Waals surface area contributed by atoms with E-state index in [0.717, 1.165) is 17.5 Å². The second-order valence-electron chi connectivity index (χ2n) is 6.72. The topological polar surface area (TPSA) is 51.7 Å². The number of carbonyl (C=O) groups is 1. The molecule has 0 aliphatic carbocycles. The van der Waals surface area contributed by atoms with E-state index in [1.54, 1.807) is 11.1 Å². The van der Waals surface area contributed by atoms with Gasteiger partial charge in [-0.05, 0) is 29.3 Å². The largest absolute Gasteiger partial charge is 0.484 e. The Kier molecular flexibility index (Phi) is 5.52. The molecule has 5 heteroatoms. The molecule has 5 nitrogen and oxygen atoms in total. The number of rotatable bonds is 6. The molecule has 1 aromatic heterocycles. The molecule has 2 aromatic carbocycles. The maximum Gasteiger partial charge on any atom is 0.260 e. The van der Waals surface area contributed by atoms with Crippen molar-refractivity contribution >= 4 is 5.91 Å². The van der Waals surface area contributed by atoms with Crippen molar-refractivity contribution in [1.29, 1.82) is 0 Å². The van der Waals surface area contributed by atoms with Crippen molar-refractivity contribution in [2.24, 2.45) is 0 Å². The Morgan fingerprint density at radius 1 is 0.964 bits per heavy atom. The van der Waals surface area contributed by atoms with Gasteiger partial charge in [-0.3, -0.25) is 4.79 Å². The normalized spacial score (nSPS) is 16.0. The first-order chi connectivity index (χ1) is 13.8. The van der Waals surface area contributed by atoms with Crippen molar-refractivity contribution in [1.82, 2.24) is 9.88 Å². The molecule has 0 spiro atoms. The van der Waals surface area contributed by atoms with E-state index in [9.17, 15) is 4.79 Å². The summed E-state index contributed by atoms with van der Waals surface area (Å²) < 4.78 is 11.5. The second kappa shape index (κ2) is 8.57. The lowest BCUT2D eigenvalue weighted by Crippen LogP contribution is -2.34. The molecule has 28 heavy (non-hydrogen) atoms. The predicted molar refractivity (Wildman–Crippen MR) is 107 cm³/mol. The summed E-state index contributed by atoms with van der Waals surface area (Å²) in [6.45, 7) is 1.26. The van der Waals surface area contributed by atoms with E-state index in [2.05, 4.69) is 17.1 Å². The van der Waals surface area contributed by atoms with Gasteiger partial charge in [-0.25, -0.2) is 4.98 Å². The van der Waals surface area contributed by atoms with Gasteiger partial charge in [-0.15, -0.1) is 0 Å². The molecular weight excluding hydrogens is 352 g/mol. The summed E-state index contributed by atoms with van der Waals surface area (Å²) in [5.74, 6) is 1.25. The highest BCUT2D eigenvalue weighted by molar-refractivity contribution is 5.78. The van der Waals surface area contributed by atoms with Crippen LogP contribution >= 0.6 is 0 Å². The highest BCUT2D eigenvalue weighted by Gasteiger charge is 2.28. The van der Waals surface area contributed by atoms with Crippen LogP contribution in [0.2, 0.25) is 0 Å². The number of hydrogen-bond acceptors (Lipinski definition) is 4. The average Bonchev–Trinajstić information content (AvgIpc) is 3.22. The van der Waals surface area contributed by atoms with Crippen LogP contribution in [0.25, 0.3) is 11.1 Å². The highest BCUT2D eigenvalue weighted by Crippen LogP contribution is 2.22. The lowest BCUT2D eigenvalue weighted by molar-refractivity contribution is -0.132. The lowest BCUT2D eigenvalue weighted by atomic mass is 10.1. The fraction of sp³-hybridized carbons (Fsp3) is 0.217. The number of pyridine rings is 1. The molecule has 1 saturated heterocycles. The van der Waals surface area contributed by atoms with Gasteiger partial charge in [0.2, 0.25) is 5.88 Å². The standard InChI is InChI=1S/C23H22N2O3/c26-23(25-15-13-21(16-25)28-22-8-4-5-14-24-22)17-27-20-11-9-19(10-12-20)18-6-2-1-3-7-18/h1-12,14,21H,13,15-17H2/t21-/m0/s1. The van der Waals surface area contributed by atoms with Crippen molar-refractivity contribution in [3.8, 4) is 22.8 Å². The molecule has 1 aliphatic rings. The summed E-state index contributed by atoms with van der Waals surface area (Å²) in [5, 5.41) is 0. The number of carbonyl (C=O) groups excluding carboxylic acids is 1. The zero-order valence-corrected chi connectivity index (χ0v) is 15.5. The molecule has 0 unspecified atom stereocenters. The van der Waals surface area contributed by atoms with Gasteiger partial charge in [0.25, 0.3) is 5.91 Å². The monoisotopic (exact) mass is 374 g/mol. The first-order valence-corrected chi connectivity index (χ1v) is 9.42. The van der Waals surface area contributed by atoms with E-state index < -0.39 is 0 Å². The summed E-state index contributed by atoms with van der Waals surface area (Å²) in [5.41, 5.74) is 2.27. The number of benzene rings is 2. The Bertz CT molecular complexity index is 898. The van der Waals surface area contributed by atoms with Crippen LogP contribution in [0.4, 0.5) is 0 Å². The summed E-state index contributed by atoms with van der Waals surface area (Å²) in [6, 6.07) is 23.5. The van der Waals surface area contributed by atoms with Crippen molar-refractivity contribution in [3.05, 3.63) is 79.0 Å². The van der Waals surface area contributed by atoms with Crippen molar-refractivity contribution < 1.29 is 14.3 Å². The molecular formula is C23H22N2O3. The van der Waals surface area contributed by atoms with Crippen LogP contribution in [0.15, 0.2) is 79.0 Å². The van der Waals surface area contributed by atoms with Crippen LogP contribution in [-0.2, 0) is 4.79 Å². The molecule has 142 valence electrons. The van der Waals surface area contributed by atoms with E-state index in [1.165, 1.54) is 0 Å². The highest BCUT2D eigenvalue weighted by atomic mass is 16.5. The first-order valence-electron chi connectivity index (χ1n) is 9.42. The minimum Gasteiger partial charge on any atom is -0.484 e. The zero-order valence-electron chi connectivity index (χ0n) is 15.5. The van der Waals surface area contributed by atoms with Crippen molar-refractivity contribution in [3.63, 3.8) is 0 Å². The predicted octanol–water partition coefficient (Wildman–Crippen LogP) is 3.81. The average molecular weight is 374 g/mol. The van der Waals surface area contributed by atoms with Gasteiger partial charge in [0.05, 0.1) is 6.54 Å². The summed E-state index contributed by atoms with van der Waals surface area (Å²) >= 11 is 0. The second-order valence-corrected chi connectivity index (χ2v) is 6.72.